The van der Waals surface area contributed by atoms with Gasteiger partial charge in [-0.2, -0.15) is 0 Å². The summed E-state index contributed by atoms with van der Waals surface area (Å²) in [5.74, 6) is -1.51. The molecule has 5 nitrogen and oxygen atoms in total. The zero-order valence-corrected chi connectivity index (χ0v) is 16.6. The van der Waals surface area contributed by atoms with Gasteiger partial charge in [0.2, 0.25) is 0 Å². The van der Waals surface area contributed by atoms with Gasteiger partial charge < -0.3 is 9.80 Å². The SMILES string of the molecule is Cc1cc(C(=O)N2CCCN(C(=O)c3ccccc3F)CC2)c2ccc(F)cc2n1. The summed E-state index contributed by atoms with van der Waals surface area (Å²) >= 11 is 0. The van der Waals surface area contributed by atoms with Crippen molar-refractivity contribution in [2.24, 2.45) is 0 Å². The molecule has 0 radical (unpaired) electrons. The highest BCUT2D eigenvalue weighted by Gasteiger charge is 2.26. The van der Waals surface area contributed by atoms with E-state index in [1.807, 2.05) is 0 Å². The molecule has 0 N–H and O–H groups in total. The zero-order chi connectivity index (χ0) is 21.3. The summed E-state index contributed by atoms with van der Waals surface area (Å²) in [6.07, 6.45) is 0.586. The van der Waals surface area contributed by atoms with E-state index in [-0.39, 0.29) is 17.4 Å². The monoisotopic (exact) mass is 409 g/mol. The molecule has 0 spiro atoms. The lowest BCUT2D eigenvalue weighted by Crippen LogP contribution is -2.37. The Morgan fingerprint density at radius 1 is 0.867 bits per heavy atom. The standard InChI is InChI=1S/C23H21F2N3O2/c1-15-13-19(17-8-7-16(24)14-21(17)26-15)23(30)28-10-4-9-27(11-12-28)22(29)18-5-2-3-6-20(18)25/h2-3,5-8,13-14H,4,9-12H2,1H3. The molecule has 0 unspecified atom stereocenters. The van der Waals surface area contributed by atoms with Crippen molar-refractivity contribution in [2.75, 3.05) is 26.2 Å². The number of amides is 2. The molecule has 0 atom stereocenters. The summed E-state index contributed by atoms with van der Waals surface area (Å²) in [5.41, 5.74) is 1.56. The molecule has 4 rings (SSSR count). The predicted molar refractivity (Wildman–Crippen MR) is 109 cm³/mol. The number of rotatable bonds is 2. The number of benzene rings is 2. The predicted octanol–water partition coefficient (Wildman–Crippen LogP) is 3.81. The first-order valence-electron chi connectivity index (χ1n) is 9.84. The Hall–Kier alpha value is -3.35. The van der Waals surface area contributed by atoms with Gasteiger partial charge in [0.05, 0.1) is 16.6 Å². The van der Waals surface area contributed by atoms with E-state index in [2.05, 4.69) is 4.98 Å². The van der Waals surface area contributed by atoms with Crippen molar-refractivity contribution >= 4 is 22.7 Å². The van der Waals surface area contributed by atoms with Crippen molar-refractivity contribution in [3.8, 4) is 0 Å². The quantitative estimate of drug-likeness (QED) is 0.647. The number of nitrogens with zero attached hydrogens (tertiary/aromatic N) is 3. The lowest BCUT2D eigenvalue weighted by molar-refractivity contribution is 0.0717. The second-order valence-electron chi connectivity index (χ2n) is 7.39. The normalized spacial score (nSPS) is 14.6. The fourth-order valence-electron chi connectivity index (χ4n) is 3.81. The molecular weight excluding hydrogens is 388 g/mol. The Bertz CT molecular complexity index is 1130. The van der Waals surface area contributed by atoms with Crippen molar-refractivity contribution in [1.29, 1.82) is 0 Å². The lowest BCUT2D eigenvalue weighted by Gasteiger charge is -2.23. The fourth-order valence-corrected chi connectivity index (χ4v) is 3.81. The fraction of sp³-hybridized carbons (Fsp3) is 0.261. The molecule has 3 aromatic rings. The van der Waals surface area contributed by atoms with E-state index in [0.29, 0.717) is 54.8 Å². The minimum absolute atomic E-state index is 0.0371. The van der Waals surface area contributed by atoms with Gasteiger partial charge in [-0.25, -0.2) is 8.78 Å². The maximum Gasteiger partial charge on any atom is 0.256 e. The topological polar surface area (TPSA) is 53.5 Å². The van der Waals surface area contributed by atoms with Crippen LogP contribution >= 0.6 is 0 Å². The third-order valence-corrected chi connectivity index (χ3v) is 5.30. The molecule has 30 heavy (non-hydrogen) atoms. The number of fused-ring (bicyclic) bond motifs is 1. The first kappa shape index (κ1) is 19.9. The highest BCUT2D eigenvalue weighted by atomic mass is 19.1. The van der Waals surface area contributed by atoms with Gasteiger partial charge >= 0.3 is 0 Å². The first-order chi connectivity index (χ1) is 14.4. The Balaban J connectivity index is 1.55. The zero-order valence-electron chi connectivity index (χ0n) is 16.6. The molecule has 154 valence electrons. The molecule has 1 fully saturated rings. The van der Waals surface area contributed by atoms with Gasteiger partial charge in [0.25, 0.3) is 11.8 Å². The summed E-state index contributed by atoms with van der Waals surface area (Å²) in [7, 11) is 0. The Labute approximate surface area is 172 Å². The van der Waals surface area contributed by atoms with E-state index in [1.54, 1.807) is 41.0 Å². The maximum atomic E-state index is 14.0. The number of pyridine rings is 1. The molecule has 2 heterocycles. The van der Waals surface area contributed by atoms with Crippen LogP contribution in [0.3, 0.4) is 0 Å². The van der Waals surface area contributed by atoms with Crippen molar-refractivity contribution in [1.82, 2.24) is 14.8 Å². The number of carbonyl (C=O) groups excluding carboxylic acids is 2. The Kier molecular flexibility index (Phi) is 5.44. The number of aromatic nitrogens is 1. The molecule has 1 aliphatic heterocycles. The van der Waals surface area contributed by atoms with Gasteiger partial charge in [-0.15, -0.1) is 0 Å². The van der Waals surface area contributed by atoms with Crippen LogP contribution in [0.4, 0.5) is 8.78 Å². The van der Waals surface area contributed by atoms with Crippen molar-refractivity contribution in [3.63, 3.8) is 0 Å². The molecule has 2 amide bonds. The van der Waals surface area contributed by atoms with E-state index in [1.165, 1.54) is 24.3 Å². The van der Waals surface area contributed by atoms with Crippen LogP contribution in [0.15, 0.2) is 48.5 Å². The average molecular weight is 409 g/mol. The number of hydrogen-bond acceptors (Lipinski definition) is 3. The van der Waals surface area contributed by atoms with Crippen LogP contribution in [0.5, 0.6) is 0 Å². The molecule has 0 saturated carbocycles. The van der Waals surface area contributed by atoms with Crippen LogP contribution in [0, 0.1) is 18.6 Å². The molecule has 0 aliphatic carbocycles. The molecule has 7 heteroatoms. The summed E-state index contributed by atoms with van der Waals surface area (Å²) < 4.78 is 27.6. The Morgan fingerprint density at radius 3 is 2.23 bits per heavy atom. The lowest BCUT2D eigenvalue weighted by atomic mass is 10.1. The number of halogens is 2. The molecular formula is C23H21F2N3O2. The smallest absolute Gasteiger partial charge is 0.256 e. The van der Waals surface area contributed by atoms with Crippen LogP contribution in [0.2, 0.25) is 0 Å². The summed E-state index contributed by atoms with van der Waals surface area (Å²) in [4.78, 5) is 33.5. The van der Waals surface area contributed by atoms with Crippen LogP contribution < -0.4 is 0 Å². The van der Waals surface area contributed by atoms with Crippen molar-refractivity contribution in [3.05, 3.63) is 77.0 Å². The van der Waals surface area contributed by atoms with E-state index < -0.39 is 11.6 Å². The van der Waals surface area contributed by atoms with E-state index in [9.17, 15) is 18.4 Å². The number of carbonyl (C=O) groups is 2. The first-order valence-corrected chi connectivity index (χ1v) is 9.84. The maximum absolute atomic E-state index is 14.0. The molecule has 1 aliphatic rings. The van der Waals surface area contributed by atoms with E-state index in [4.69, 9.17) is 0 Å². The Morgan fingerprint density at radius 2 is 1.53 bits per heavy atom. The highest BCUT2D eigenvalue weighted by molar-refractivity contribution is 6.06. The largest absolute Gasteiger partial charge is 0.337 e. The third-order valence-electron chi connectivity index (χ3n) is 5.30. The van der Waals surface area contributed by atoms with Crippen molar-refractivity contribution < 1.29 is 18.4 Å². The average Bonchev–Trinajstić information content (AvgIpc) is 2.98. The van der Waals surface area contributed by atoms with Crippen LogP contribution in [-0.4, -0.2) is 52.8 Å². The molecule has 1 saturated heterocycles. The summed E-state index contributed by atoms with van der Waals surface area (Å²) in [6.45, 7) is 3.33. The van der Waals surface area contributed by atoms with Gasteiger partial charge in [-0.05, 0) is 43.7 Å². The van der Waals surface area contributed by atoms with Crippen LogP contribution in [0.1, 0.15) is 32.8 Å². The summed E-state index contributed by atoms with van der Waals surface area (Å²) in [6, 6.07) is 11.8. The van der Waals surface area contributed by atoms with Crippen LogP contribution in [-0.2, 0) is 0 Å². The van der Waals surface area contributed by atoms with Gasteiger partial charge in [-0.3, -0.25) is 14.6 Å². The molecule has 2 aromatic carbocycles. The second-order valence-corrected chi connectivity index (χ2v) is 7.39. The summed E-state index contributed by atoms with van der Waals surface area (Å²) in [5, 5.41) is 0.593. The van der Waals surface area contributed by atoms with Gasteiger partial charge in [0.1, 0.15) is 11.6 Å². The minimum atomic E-state index is -0.550. The third kappa shape index (κ3) is 3.87. The second kappa shape index (κ2) is 8.18. The number of aryl methyl sites for hydroxylation is 1. The van der Waals surface area contributed by atoms with E-state index >= 15 is 0 Å². The molecule has 0 bridgehead atoms. The molecule has 1 aromatic heterocycles. The van der Waals surface area contributed by atoms with Gasteiger partial charge in [-0.1, -0.05) is 12.1 Å². The van der Waals surface area contributed by atoms with Gasteiger partial charge in [0, 0.05) is 43.3 Å². The van der Waals surface area contributed by atoms with E-state index in [0.717, 1.165) is 0 Å². The minimum Gasteiger partial charge on any atom is -0.337 e. The van der Waals surface area contributed by atoms with Crippen LogP contribution in [0.25, 0.3) is 10.9 Å². The number of hydrogen-bond donors (Lipinski definition) is 0. The van der Waals surface area contributed by atoms with Crippen molar-refractivity contribution in [2.45, 2.75) is 13.3 Å². The highest BCUT2D eigenvalue weighted by Crippen LogP contribution is 2.22. The van der Waals surface area contributed by atoms with Gasteiger partial charge in [0.15, 0.2) is 0 Å².